The van der Waals surface area contributed by atoms with Gasteiger partial charge in [-0.15, -0.1) is 11.3 Å². The third-order valence-electron chi connectivity index (χ3n) is 3.03. The lowest BCUT2D eigenvalue weighted by atomic mass is 10.3. The number of likely N-dealkylation sites (N-methyl/N-ethyl adjacent to an activating group) is 1. The highest BCUT2D eigenvalue weighted by atomic mass is 32.2. The number of rotatable bonds is 7. The minimum absolute atomic E-state index is 0.144. The summed E-state index contributed by atoms with van der Waals surface area (Å²) in [5.41, 5.74) is 0. The molecule has 2 rings (SSSR count). The van der Waals surface area contributed by atoms with Crippen molar-refractivity contribution in [2.24, 2.45) is 0 Å². The van der Waals surface area contributed by atoms with Gasteiger partial charge >= 0.3 is 5.97 Å². The maximum absolute atomic E-state index is 12.4. The van der Waals surface area contributed by atoms with Gasteiger partial charge in [0, 0.05) is 18.0 Å². The molecule has 1 aliphatic heterocycles. The zero-order chi connectivity index (χ0) is 16.8. The molecule has 5 nitrogen and oxygen atoms in total. The van der Waals surface area contributed by atoms with E-state index in [4.69, 9.17) is 17.0 Å². The molecule has 23 heavy (non-hydrogen) atoms. The SMILES string of the molecule is CN(C)CCOC(=O)CCN1C(=O)C(=Cc2cccs2)SC1=S. The lowest BCUT2D eigenvalue weighted by molar-refractivity contribution is -0.144. The zero-order valence-electron chi connectivity index (χ0n) is 13.0. The lowest BCUT2D eigenvalue weighted by Gasteiger charge is -2.14. The predicted molar refractivity (Wildman–Crippen MR) is 98.3 cm³/mol. The van der Waals surface area contributed by atoms with Gasteiger partial charge in [0.25, 0.3) is 5.91 Å². The van der Waals surface area contributed by atoms with Crippen LogP contribution in [-0.4, -0.2) is 59.8 Å². The largest absolute Gasteiger partial charge is 0.464 e. The molecule has 0 aromatic carbocycles. The van der Waals surface area contributed by atoms with Crippen molar-refractivity contribution >= 4 is 57.6 Å². The summed E-state index contributed by atoms with van der Waals surface area (Å²) in [7, 11) is 3.82. The molecule has 0 radical (unpaired) electrons. The molecule has 124 valence electrons. The molecule has 2 heterocycles. The van der Waals surface area contributed by atoms with Gasteiger partial charge in [-0.05, 0) is 31.6 Å². The number of carbonyl (C=O) groups is 2. The molecule has 1 aliphatic rings. The fourth-order valence-corrected chi connectivity index (χ4v) is 3.84. The Morgan fingerprint density at radius 3 is 2.91 bits per heavy atom. The third-order valence-corrected chi connectivity index (χ3v) is 5.23. The van der Waals surface area contributed by atoms with E-state index >= 15 is 0 Å². The lowest BCUT2D eigenvalue weighted by Crippen LogP contribution is -2.31. The number of hydrogen-bond acceptors (Lipinski definition) is 7. The molecule has 0 atom stereocenters. The van der Waals surface area contributed by atoms with Gasteiger partial charge < -0.3 is 9.64 Å². The van der Waals surface area contributed by atoms with E-state index in [0.29, 0.717) is 22.4 Å². The van der Waals surface area contributed by atoms with Crippen LogP contribution in [-0.2, 0) is 14.3 Å². The second-order valence-corrected chi connectivity index (χ2v) is 7.78. The highest BCUT2D eigenvalue weighted by molar-refractivity contribution is 8.26. The molecule has 1 fully saturated rings. The van der Waals surface area contributed by atoms with Crippen LogP contribution < -0.4 is 0 Å². The summed E-state index contributed by atoms with van der Waals surface area (Å²) in [4.78, 5) is 29.0. The summed E-state index contributed by atoms with van der Waals surface area (Å²) in [5.74, 6) is -0.461. The number of thiocarbonyl (C=S) groups is 1. The van der Waals surface area contributed by atoms with Crippen LogP contribution in [0.4, 0.5) is 0 Å². The van der Waals surface area contributed by atoms with Crippen molar-refractivity contribution in [1.29, 1.82) is 0 Å². The van der Waals surface area contributed by atoms with Crippen LogP contribution in [0, 0.1) is 0 Å². The van der Waals surface area contributed by atoms with Gasteiger partial charge in [0.2, 0.25) is 0 Å². The van der Waals surface area contributed by atoms with Crippen LogP contribution in [0.3, 0.4) is 0 Å². The van der Waals surface area contributed by atoms with Gasteiger partial charge in [0.1, 0.15) is 10.9 Å². The average molecular weight is 371 g/mol. The first-order valence-corrected chi connectivity index (χ1v) is 9.17. The van der Waals surface area contributed by atoms with E-state index in [1.807, 2.05) is 42.6 Å². The highest BCUT2D eigenvalue weighted by Gasteiger charge is 2.32. The number of nitrogens with zero attached hydrogens (tertiary/aromatic N) is 2. The van der Waals surface area contributed by atoms with E-state index in [-0.39, 0.29) is 24.8 Å². The number of thioether (sulfide) groups is 1. The standard InChI is InChI=1S/C15H18N2O3S3/c1-16(2)7-8-20-13(18)5-6-17-14(19)12(23-15(17)21)10-11-4-3-9-22-11/h3-4,9-10H,5-8H2,1-2H3. The molecule has 0 bridgehead atoms. The molecule has 0 aliphatic carbocycles. The fraction of sp³-hybridized carbons (Fsp3) is 0.400. The maximum atomic E-state index is 12.4. The van der Waals surface area contributed by atoms with Crippen molar-refractivity contribution in [3.63, 3.8) is 0 Å². The highest BCUT2D eigenvalue weighted by Crippen LogP contribution is 2.33. The van der Waals surface area contributed by atoms with Crippen molar-refractivity contribution in [3.05, 3.63) is 27.3 Å². The van der Waals surface area contributed by atoms with Gasteiger partial charge in [-0.3, -0.25) is 14.5 Å². The van der Waals surface area contributed by atoms with Crippen LogP contribution in [0.2, 0.25) is 0 Å². The minimum atomic E-state index is -0.317. The van der Waals surface area contributed by atoms with Gasteiger partial charge in [0.05, 0.1) is 11.3 Å². The van der Waals surface area contributed by atoms with Crippen LogP contribution in [0.1, 0.15) is 11.3 Å². The van der Waals surface area contributed by atoms with Crippen molar-refractivity contribution in [3.8, 4) is 0 Å². The number of hydrogen-bond donors (Lipinski definition) is 0. The summed E-state index contributed by atoms with van der Waals surface area (Å²) in [6, 6.07) is 3.88. The summed E-state index contributed by atoms with van der Waals surface area (Å²) in [6.07, 6.45) is 1.98. The Balaban J connectivity index is 1.85. The molecule has 1 aromatic rings. The second-order valence-electron chi connectivity index (χ2n) is 5.12. The number of thiophene rings is 1. The first-order valence-electron chi connectivity index (χ1n) is 7.06. The Labute approximate surface area is 149 Å². The quantitative estimate of drug-likeness (QED) is 0.417. The number of esters is 1. The third kappa shape index (κ3) is 5.42. The van der Waals surface area contributed by atoms with Crippen molar-refractivity contribution in [1.82, 2.24) is 9.80 Å². The first kappa shape index (κ1) is 18.1. The van der Waals surface area contributed by atoms with E-state index in [1.165, 1.54) is 16.7 Å². The van der Waals surface area contributed by atoms with E-state index in [1.54, 1.807) is 11.3 Å². The minimum Gasteiger partial charge on any atom is -0.464 e. The molecule has 0 saturated carbocycles. The molecule has 1 aromatic heterocycles. The molecule has 0 N–H and O–H groups in total. The molecule has 1 saturated heterocycles. The number of carbonyl (C=O) groups excluding carboxylic acids is 2. The van der Waals surface area contributed by atoms with Crippen molar-refractivity contribution in [2.45, 2.75) is 6.42 Å². The monoisotopic (exact) mass is 370 g/mol. The van der Waals surface area contributed by atoms with E-state index in [9.17, 15) is 9.59 Å². The summed E-state index contributed by atoms with van der Waals surface area (Å²) in [5, 5.41) is 1.95. The van der Waals surface area contributed by atoms with E-state index in [2.05, 4.69) is 0 Å². The van der Waals surface area contributed by atoms with E-state index in [0.717, 1.165) is 4.88 Å². The Bertz CT molecular complexity index is 611. The van der Waals surface area contributed by atoms with Gasteiger partial charge in [-0.25, -0.2) is 0 Å². The van der Waals surface area contributed by atoms with Crippen molar-refractivity contribution in [2.75, 3.05) is 33.8 Å². The second kappa shape index (κ2) is 8.58. The average Bonchev–Trinajstić information content (AvgIpc) is 3.07. The van der Waals surface area contributed by atoms with Gasteiger partial charge in [0.15, 0.2) is 0 Å². The Kier molecular flexibility index (Phi) is 6.76. The Morgan fingerprint density at radius 2 is 2.26 bits per heavy atom. The molecule has 0 unspecified atom stereocenters. The summed E-state index contributed by atoms with van der Waals surface area (Å²) in [6.45, 7) is 1.28. The van der Waals surface area contributed by atoms with Gasteiger partial charge in [-0.2, -0.15) is 0 Å². The molecule has 1 amide bonds. The topological polar surface area (TPSA) is 49.9 Å². The number of ether oxygens (including phenoxy) is 1. The summed E-state index contributed by atoms with van der Waals surface area (Å²) >= 11 is 8.07. The normalized spacial score (nSPS) is 16.7. The molecule has 0 spiro atoms. The number of amides is 1. The molecule has 8 heteroatoms. The molecular weight excluding hydrogens is 352 g/mol. The van der Waals surface area contributed by atoms with Crippen LogP contribution in [0.15, 0.2) is 22.4 Å². The smallest absolute Gasteiger partial charge is 0.307 e. The fourth-order valence-electron chi connectivity index (χ4n) is 1.81. The maximum Gasteiger partial charge on any atom is 0.307 e. The van der Waals surface area contributed by atoms with Crippen LogP contribution in [0.5, 0.6) is 0 Å². The summed E-state index contributed by atoms with van der Waals surface area (Å²) < 4.78 is 5.60. The van der Waals surface area contributed by atoms with Crippen LogP contribution in [0.25, 0.3) is 6.08 Å². The predicted octanol–water partition coefficient (Wildman–Crippen LogP) is 2.44. The Morgan fingerprint density at radius 1 is 1.48 bits per heavy atom. The first-order chi connectivity index (χ1) is 11.0. The Hall–Kier alpha value is -1.22. The van der Waals surface area contributed by atoms with Crippen LogP contribution >= 0.6 is 35.3 Å². The van der Waals surface area contributed by atoms with E-state index < -0.39 is 0 Å². The van der Waals surface area contributed by atoms with Gasteiger partial charge in [-0.1, -0.05) is 30.0 Å². The van der Waals surface area contributed by atoms with Crippen molar-refractivity contribution < 1.29 is 14.3 Å². The molecular formula is C15H18N2O3S3. The zero-order valence-corrected chi connectivity index (χ0v) is 15.4.